The molecule has 0 saturated carbocycles. The number of carbonyl (C=O) groups excluding carboxylic acids is 1. The van der Waals surface area contributed by atoms with Gasteiger partial charge >= 0.3 is 5.97 Å². The van der Waals surface area contributed by atoms with Crippen LogP contribution >= 0.6 is 11.3 Å². The van der Waals surface area contributed by atoms with Gasteiger partial charge in [0.05, 0.1) is 11.8 Å². The number of nitrogens with one attached hydrogen (secondary N) is 1. The normalized spacial score (nSPS) is 10.3. The van der Waals surface area contributed by atoms with Gasteiger partial charge in [-0.2, -0.15) is 0 Å². The molecule has 2 aromatic heterocycles. The summed E-state index contributed by atoms with van der Waals surface area (Å²) in [5, 5.41) is 12.0. The topological polar surface area (TPSA) is 79.5 Å². The fourth-order valence-corrected chi connectivity index (χ4v) is 2.59. The van der Waals surface area contributed by atoms with Gasteiger partial charge < -0.3 is 14.8 Å². The molecule has 2 aromatic rings. The van der Waals surface area contributed by atoms with Gasteiger partial charge in [-0.25, -0.2) is 4.79 Å². The van der Waals surface area contributed by atoms with Crippen LogP contribution in [0, 0.1) is 13.8 Å². The summed E-state index contributed by atoms with van der Waals surface area (Å²) in [6, 6.07) is 3.11. The lowest BCUT2D eigenvalue weighted by Crippen LogP contribution is -2.12. The number of rotatable bonds is 3. The predicted octanol–water partition coefficient (Wildman–Crippen LogP) is 2.91. The highest BCUT2D eigenvalue weighted by atomic mass is 32.1. The first-order valence-corrected chi connectivity index (χ1v) is 6.00. The van der Waals surface area contributed by atoms with Crippen LogP contribution in [0.1, 0.15) is 31.4 Å². The zero-order valence-corrected chi connectivity index (χ0v) is 10.6. The van der Waals surface area contributed by atoms with Gasteiger partial charge in [0.2, 0.25) is 0 Å². The number of anilines is 1. The van der Waals surface area contributed by atoms with Gasteiger partial charge in [-0.1, -0.05) is 0 Å². The van der Waals surface area contributed by atoms with Crippen LogP contribution in [0.5, 0.6) is 0 Å². The number of hydrogen-bond acceptors (Lipinski definition) is 4. The summed E-state index contributed by atoms with van der Waals surface area (Å²) in [7, 11) is 0. The van der Waals surface area contributed by atoms with Crippen LogP contribution in [0.25, 0.3) is 0 Å². The van der Waals surface area contributed by atoms with Gasteiger partial charge in [0, 0.05) is 4.88 Å². The first-order chi connectivity index (χ1) is 8.50. The minimum Gasteiger partial charge on any atom is -0.478 e. The van der Waals surface area contributed by atoms with E-state index in [2.05, 4.69) is 5.32 Å². The molecule has 18 heavy (non-hydrogen) atoms. The van der Waals surface area contributed by atoms with Crippen molar-refractivity contribution in [2.75, 3.05) is 5.32 Å². The van der Waals surface area contributed by atoms with Crippen LogP contribution in [-0.2, 0) is 0 Å². The Labute approximate surface area is 107 Å². The Morgan fingerprint density at radius 2 is 2.11 bits per heavy atom. The van der Waals surface area contributed by atoms with E-state index in [0.717, 1.165) is 4.88 Å². The number of carboxylic acids is 1. The van der Waals surface area contributed by atoms with Gasteiger partial charge in [-0.15, -0.1) is 11.3 Å². The summed E-state index contributed by atoms with van der Waals surface area (Å²) >= 11 is 1.24. The van der Waals surface area contributed by atoms with E-state index < -0.39 is 11.9 Å². The minimum absolute atomic E-state index is 0.136. The summed E-state index contributed by atoms with van der Waals surface area (Å²) in [6.07, 6.45) is 1.39. The Kier molecular flexibility index (Phi) is 3.20. The highest BCUT2D eigenvalue weighted by molar-refractivity contribution is 7.16. The maximum atomic E-state index is 11.8. The molecule has 0 radical (unpaired) electrons. The van der Waals surface area contributed by atoms with Crippen molar-refractivity contribution < 1.29 is 19.1 Å². The molecule has 2 N–H and O–H groups in total. The van der Waals surface area contributed by atoms with E-state index in [4.69, 9.17) is 9.52 Å². The van der Waals surface area contributed by atoms with Gasteiger partial charge in [0.1, 0.15) is 5.00 Å². The number of hydrogen-bond donors (Lipinski definition) is 2. The van der Waals surface area contributed by atoms with Crippen molar-refractivity contribution in [2.24, 2.45) is 0 Å². The highest BCUT2D eigenvalue weighted by Gasteiger charge is 2.21. The van der Waals surface area contributed by atoms with E-state index in [0.29, 0.717) is 10.6 Å². The van der Waals surface area contributed by atoms with E-state index in [-0.39, 0.29) is 11.3 Å². The SMILES string of the molecule is Cc1sc(NC(=O)c2ccco2)c(C(=O)O)c1C. The van der Waals surface area contributed by atoms with Crippen molar-refractivity contribution in [1.29, 1.82) is 0 Å². The number of aromatic carboxylic acids is 1. The quantitative estimate of drug-likeness (QED) is 0.894. The molecule has 0 aromatic carbocycles. The number of carbonyl (C=O) groups is 2. The first kappa shape index (κ1) is 12.4. The van der Waals surface area contributed by atoms with Crippen molar-refractivity contribution in [3.05, 3.63) is 40.2 Å². The molecule has 0 aliphatic rings. The van der Waals surface area contributed by atoms with E-state index in [9.17, 15) is 9.59 Å². The molecule has 0 atom stereocenters. The van der Waals surface area contributed by atoms with Crippen LogP contribution in [0.2, 0.25) is 0 Å². The Balaban J connectivity index is 2.32. The number of carboxylic acid groups (broad SMARTS) is 1. The van der Waals surface area contributed by atoms with Crippen LogP contribution in [0.3, 0.4) is 0 Å². The molecule has 0 aliphatic carbocycles. The fraction of sp³-hybridized carbons (Fsp3) is 0.167. The van der Waals surface area contributed by atoms with Gasteiger partial charge in [-0.05, 0) is 31.5 Å². The third-order valence-corrected chi connectivity index (χ3v) is 3.69. The second-order valence-corrected chi connectivity index (χ2v) is 4.95. The van der Waals surface area contributed by atoms with Crippen molar-refractivity contribution in [3.8, 4) is 0 Å². The van der Waals surface area contributed by atoms with Gasteiger partial charge in [0.25, 0.3) is 5.91 Å². The lowest BCUT2D eigenvalue weighted by Gasteiger charge is -2.02. The Morgan fingerprint density at radius 3 is 2.67 bits per heavy atom. The summed E-state index contributed by atoms with van der Waals surface area (Å²) in [5.41, 5.74) is 0.805. The fourth-order valence-electron chi connectivity index (χ4n) is 1.55. The molecule has 5 nitrogen and oxygen atoms in total. The monoisotopic (exact) mass is 265 g/mol. The van der Waals surface area contributed by atoms with Crippen molar-refractivity contribution in [1.82, 2.24) is 0 Å². The Hall–Kier alpha value is -2.08. The van der Waals surface area contributed by atoms with Crippen LogP contribution in [0.15, 0.2) is 22.8 Å². The second kappa shape index (κ2) is 4.66. The zero-order chi connectivity index (χ0) is 13.3. The lowest BCUT2D eigenvalue weighted by atomic mass is 10.1. The Morgan fingerprint density at radius 1 is 1.39 bits per heavy atom. The first-order valence-electron chi connectivity index (χ1n) is 5.19. The molecule has 2 heterocycles. The third-order valence-electron chi connectivity index (χ3n) is 2.57. The van der Waals surface area contributed by atoms with Crippen molar-refractivity contribution >= 4 is 28.2 Å². The minimum atomic E-state index is -1.05. The van der Waals surface area contributed by atoms with Crippen LogP contribution in [0.4, 0.5) is 5.00 Å². The largest absolute Gasteiger partial charge is 0.478 e. The maximum absolute atomic E-state index is 11.8. The number of thiophene rings is 1. The standard InChI is InChI=1S/C12H11NO4S/c1-6-7(2)18-11(9(6)12(15)16)13-10(14)8-4-3-5-17-8/h3-5H,1-2H3,(H,13,14)(H,15,16). The number of amides is 1. The van der Waals surface area contributed by atoms with Crippen LogP contribution < -0.4 is 5.32 Å². The molecule has 1 amide bonds. The average molecular weight is 265 g/mol. The summed E-state index contributed by atoms with van der Waals surface area (Å²) < 4.78 is 4.95. The number of furan rings is 1. The van der Waals surface area contributed by atoms with Gasteiger partial charge in [-0.3, -0.25) is 4.79 Å². The van der Waals surface area contributed by atoms with Gasteiger partial charge in [0.15, 0.2) is 5.76 Å². The van der Waals surface area contributed by atoms with E-state index >= 15 is 0 Å². The molecule has 0 bridgehead atoms. The molecule has 2 rings (SSSR count). The second-order valence-electron chi connectivity index (χ2n) is 3.72. The smallest absolute Gasteiger partial charge is 0.338 e. The lowest BCUT2D eigenvalue weighted by molar-refractivity contribution is 0.0697. The number of aryl methyl sites for hydroxylation is 1. The Bertz CT molecular complexity index is 598. The molecule has 0 fully saturated rings. The molecule has 0 unspecified atom stereocenters. The molecule has 6 heteroatoms. The molecule has 0 saturated heterocycles. The maximum Gasteiger partial charge on any atom is 0.338 e. The molecule has 0 spiro atoms. The molecule has 0 aliphatic heterocycles. The predicted molar refractivity (Wildman–Crippen MR) is 67.4 cm³/mol. The molecule has 94 valence electrons. The third kappa shape index (κ3) is 2.14. The summed E-state index contributed by atoms with van der Waals surface area (Å²) in [5.74, 6) is -1.36. The van der Waals surface area contributed by atoms with Crippen molar-refractivity contribution in [3.63, 3.8) is 0 Å². The van der Waals surface area contributed by atoms with Crippen LogP contribution in [-0.4, -0.2) is 17.0 Å². The van der Waals surface area contributed by atoms with E-state index in [1.807, 2.05) is 6.92 Å². The summed E-state index contributed by atoms with van der Waals surface area (Å²) in [4.78, 5) is 23.8. The summed E-state index contributed by atoms with van der Waals surface area (Å²) in [6.45, 7) is 3.53. The average Bonchev–Trinajstić information content (AvgIpc) is 2.88. The van der Waals surface area contributed by atoms with E-state index in [1.165, 1.54) is 23.7 Å². The van der Waals surface area contributed by atoms with Crippen molar-refractivity contribution in [2.45, 2.75) is 13.8 Å². The highest BCUT2D eigenvalue weighted by Crippen LogP contribution is 2.32. The van der Waals surface area contributed by atoms with E-state index in [1.54, 1.807) is 13.0 Å². The zero-order valence-electron chi connectivity index (χ0n) is 9.81. The molecular weight excluding hydrogens is 254 g/mol. The molecular formula is C12H11NO4S.